The molecule has 1 atom stereocenters. The molecule has 0 aromatic rings. The molecule has 0 spiro atoms. The van der Waals surface area contributed by atoms with E-state index in [2.05, 4.69) is 4.74 Å². The Bertz CT molecular complexity index is 321. The Balaban J connectivity index is 4.48. The first-order chi connectivity index (χ1) is 8.59. The van der Waals surface area contributed by atoms with Crippen LogP contribution in [0.3, 0.4) is 0 Å². The molecule has 0 aromatic heterocycles. The summed E-state index contributed by atoms with van der Waals surface area (Å²) in [5, 5.41) is 0. The molecule has 6 nitrogen and oxygen atoms in total. The molecule has 0 bridgehead atoms. The van der Waals surface area contributed by atoms with Crippen LogP contribution < -0.4 is 5.73 Å². The van der Waals surface area contributed by atoms with Gasteiger partial charge in [0.1, 0.15) is 0 Å². The van der Waals surface area contributed by atoms with Crippen molar-refractivity contribution in [1.82, 2.24) is 9.80 Å². The van der Waals surface area contributed by atoms with Gasteiger partial charge in [-0.25, -0.2) is 9.59 Å². The van der Waals surface area contributed by atoms with Crippen LogP contribution in [0.4, 0.5) is 18.0 Å². The van der Waals surface area contributed by atoms with Gasteiger partial charge in [0.15, 0.2) is 0 Å². The molecule has 0 fully saturated rings. The van der Waals surface area contributed by atoms with E-state index in [9.17, 15) is 22.8 Å². The van der Waals surface area contributed by atoms with Crippen molar-refractivity contribution in [3.8, 4) is 0 Å². The largest absolute Gasteiger partial charge is 0.491 e. The van der Waals surface area contributed by atoms with Crippen molar-refractivity contribution in [2.45, 2.75) is 18.6 Å². The summed E-state index contributed by atoms with van der Waals surface area (Å²) in [6, 6.07) is -0.504. The first-order valence-electron chi connectivity index (χ1n) is 5.50. The molecular formula is C10H18F3N3O3. The van der Waals surface area contributed by atoms with Crippen LogP contribution in [-0.2, 0) is 9.53 Å². The number of alkyl halides is 3. The van der Waals surface area contributed by atoms with Gasteiger partial charge in [0.2, 0.25) is 0 Å². The molecule has 0 saturated carbocycles. The van der Waals surface area contributed by atoms with Crippen LogP contribution >= 0.6 is 0 Å². The average Bonchev–Trinajstić information content (AvgIpc) is 2.27. The Morgan fingerprint density at radius 3 is 2.16 bits per heavy atom. The first kappa shape index (κ1) is 17.6. The minimum Gasteiger partial charge on any atom is -0.369 e. The fraction of sp³-hybridized carbons (Fsp3) is 0.800. The smallest absolute Gasteiger partial charge is 0.369 e. The van der Waals surface area contributed by atoms with E-state index < -0.39 is 24.3 Å². The molecular weight excluding hydrogens is 267 g/mol. The van der Waals surface area contributed by atoms with Crippen molar-refractivity contribution in [2.24, 2.45) is 5.73 Å². The number of amides is 1. The molecule has 0 saturated heterocycles. The Morgan fingerprint density at radius 2 is 1.79 bits per heavy atom. The van der Waals surface area contributed by atoms with Gasteiger partial charge in [0.25, 0.3) is 0 Å². The number of hydrogen-bond donors (Lipinski definition) is 1. The lowest BCUT2D eigenvalue weighted by Crippen LogP contribution is -2.45. The maximum absolute atomic E-state index is 11.9. The second-order valence-corrected chi connectivity index (χ2v) is 4.25. The highest BCUT2D eigenvalue weighted by molar-refractivity contribution is 5.87. The zero-order chi connectivity index (χ0) is 15.2. The van der Waals surface area contributed by atoms with E-state index in [1.807, 2.05) is 4.90 Å². The molecule has 0 radical (unpaired) electrons. The van der Waals surface area contributed by atoms with Crippen LogP contribution in [0.5, 0.6) is 0 Å². The lowest BCUT2D eigenvalue weighted by atomic mass is 10.2. The summed E-state index contributed by atoms with van der Waals surface area (Å²) in [5.74, 6) is -2.53. The lowest BCUT2D eigenvalue weighted by molar-refractivity contribution is -0.193. The number of rotatable bonds is 5. The summed E-state index contributed by atoms with van der Waals surface area (Å²) in [7, 11) is 4.84. The summed E-state index contributed by atoms with van der Waals surface area (Å²) < 4.78 is 39.5. The second kappa shape index (κ2) is 7.29. The second-order valence-electron chi connectivity index (χ2n) is 4.25. The number of carbonyl (C=O) groups is 2. The molecule has 2 N–H and O–H groups in total. The van der Waals surface area contributed by atoms with Gasteiger partial charge in [0.05, 0.1) is 0 Å². The number of halogens is 3. The predicted octanol–water partition coefficient (Wildman–Crippen LogP) is 0.423. The normalized spacial score (nSPS) is 13.3. The molecule has 112 valence electrons. The molecule has 0 aliphatic heterocycles. The third kappa shape index (κ3) is 6.39. The van der Waals surface area contributed by atoms with E-state index in [0.29, 0.717) is 13.0 Å². The highest BCUT2D eigenvalue weighted by Crippen LogP contribution is 2.17. The van der Waals surface area contributed by atoms with Crippen molar-refractivity contribution in [3.63, 3.8) is 0 Å². The van der Waals surface area contributed by atoms with Gasteiger partial charge in [-0.2, -0.15) is 13.2 Å². The number of esters is 1. The zero-order valence-corrected chi connectivity index (χ0v) is 11.0. The van der Waals surface area contributed by atoms with Crippen LogP contribution in [0.25, 0.3) is 0 Å². The van der Waals surface area contributed by atoms with Gasteiger partial charge in [-0.15, -0.1) is 0 Å². The van der Waals surface area contributed by atoms with Crippen molar-refractivity contribution >= 4 is 12.1 Å². The predicted molar refractivity (Wildman–Crippen MR) is 61.3 cm³/mol. The number of nitrogens with zero attached hydrogens (tertiary/aromatic N) is 2. The van der Waals surface area contributed by atoms with Crippen molar-refractivity contribution in [2.75, 3.05) is 34.2 Å². The highest BCUT2D eigenvalue weighted by Gasteiger charge is 2.43. The minimum absolute atomic E-state index is 0.0552. The fourth-order valence-electron chi connectivity index (χ4n) is 1.24. The van der Waals surface area contributed by atoms with Crippen molar-refractivity contribution in [1.29, 1.82) is 0 Å². The van der Waals surface area contributed by atoms with E-state index >= 15 is 0 Å². The average molecular weight is 285 g/mol. The van der Waals surface area contributed by atoms with Crippen LogP contribution in [0, 0.1) is 0 Å². The Labute approximate surface area is 109 Å². The van der Waals surface area contributed by atoms with Gasteiger partial charge in [-0.3, -0.25) is 0 Å². The topological polar surface area (TPSA) is 75.9 Å². The van der Waals surface area contributed by atoms with E-state index in [0.717, 1.165) is 4.90 Å². The van der Waals surface area contributed by atoms with E-state index in [-0.39, 0.29) is 6.54 Å². The van der Waals surface area contributed by atoms with E-state index in [1.165, 1.54) is 7.05 Å². The molecule has 0 unspecified atom stereocenters. The summed E-state index contributed by atoms with van der Waals surface area (Å²) in [5.41, 5.74) is 5.44. The molecule has 0 aliphatic rings. The zero-order valence-electron chi connectivity index (χ0n) is 11.0. The SMILES string of the molecule is CN(C)CC[C@@H](CN)N(C)C(=O)OC(=O)C(F)(F)F. The van der Waals surface area contributed by atoms with Gasteiger partial charge >= 0.3 is 18.2 Å². The minimum atomic E-state index is -5.20. The van der Waals surface area contributed by atoms with Gasteiger partial charge in [0, 0.05) is 19.6 Å². The van der Waals surface area contributed by atoms with Crippen LogP contribution in [0.15, 0.2) is 0 Å². The van der Waals surface area contributed by atoms with E-state index in [1.54, 1.807) is 14.1 Å². The Hall–Kier alpha value is -1.35. The number of carbonyl (C=O) groups excluding carboxylic acids is 2. The Kier molecular flexibility index (Phi) is 6.77. The number of hydrogen-bond acceptors (Lipinski definition) is 5. The number of likely N-dealkylation sites (N-methyl/N-ethyl adjacent to an activating group) is 1. The molecule has 9 heteroatoms. The molecule has 1 amide bonds. The molecule has 0 heterocycles. The third-order valence-corrected chi connectivity index (χ3v) is 2.43. The van der Waals surface area contributed by atoms with Gasteiger partial charge in [-0.1, -0.05) is 0 Å². The Morgan fingerprint density at radius 1 is 1.26 bits per heavy atom. The van der Waals surface area contributed by atoms with Crippen molar-refractivity contribution in [3.05, 3.63) is 0 Å². The fourth-order valence-corrected chi connectivity index (χ4v) is 1.24. The molecule has 19 heavy (non-hydrogen) atoms. The number of nitrogens with two attached hydrogens (primary N) is 1. The highest BCUT2D eigenvalue weighted by atomic mass is 19.4. The van der Waals surface area contributed by atoms with Crippen LogP contribution in [0.2, 0.25) is 0 Å². The van der Waals surface area contributed by atoms with E-state index in [4.69, 9.17) is 5.73 Å². The first-order valence-corrected chi connectivity index (χ1v) is 5.50. The third-order valence-electron chi connectivity index (χ3n) is 2.43. The summed E-state index contributed by atoms with van der Waals surface area (Å²) >= 11 is 0. The van der Waals surface area contributed by atoms with Crippen LogP contribution in [0.1, 0.15) is 6.42 Å². The molecule has 0 rings (SSSR count). The molecule has 0 aliphatic carbocycles. The quantitative estimate of drug-likeness (QED) is 0.585. The molecule has 0 aromatic carbocycles. The summed E-state index contributed by atoms with van der Waals surface area (Å²) in [4.78, 5) is 24.6. The maximum Gasteiger partial charge on any atom is 0.491 e. The van der Waals surface area contributed by atoms with Gasteiger partial charge < -0.3 is 20.3 Å². The summed E-state index contributed by atoms with van der Waals surface area (Å²) in [6.07, 6.45) is -6.11. The van der Waals surface area contributed by atoms with Crippen LogP contribution in [-0.4, -0.2) is 68.3 Å². The maximum atomic E-state index is 11.9. The standard InChI is InChI=1S/C10H18F3N3O3/c1-15(2)5-4-7(6-14)16(3)9(18)19-8(17)10(11,12)13/h7H,4-6,14H2,1-3H3/t7-/m0/s1. The lowest BCUT2D eigenvalue weighted by Gasteiger charge is -2.27. The summed E-state index contributed by atoms with van der Waals surface area (Å²) in [6.45, 7) is 0.645. The number of ether oxygens (including phenoxy) is 1. The van der Waals surface area contributed by atoms with Crippen molar-refractivity contribution < 1.29 is 27.5 Å². The van der Waals surface area contributed by atoms with Gasteiger partial charge in [-0.05, 0) is 27.1 Å². The monoisotopic (exact) mass is 285 g/mol.